The number of hydrogen-bond acceptors (Lipinski definition) is 2. The summed E-state index contributed by atoms with van der Waals surface area (Å²) in [6.45, 7) is 3.54. The van der Waals surface area contributed by atoms with Crippen molar-refractivity contribution in [2.24, 2.45) is 0 Å². The Bertz CT molecular complexity index is 713. The fraction of sp³-hybridized carbons (Fsp3) is 0.316. The van der Waals surface area contributed by atoms with E-state index in [1.54, 1.807) is 29.2 Å². The van der Waals surface area contributed by atoms with E-state index in [-0.39, 0.29) is 17.7 Å². The van der Waals surface area contributed by atoms with Crippen LogP contribution in [0, 0.1) is 11.6 Å². The summed E-state index contributed by atoms with van der Waals surface area (Å²) in [5.74, 6) is -0.483. The second-order valence-electron chi connectivity index (χ2n) is 6.14. The predicted octanol–water partition coefficient (Wildman–Crippen LogP) is 2.99. The molecule has 25 heavy (non-hydrogen) atoms. The summed E-state index contributed by atoms with van der Waals surface area (Å²) in [5.41, 5.74) is 1.53. The summed E-state index contributed by atoms with van der Waals surface area (Å²) >= 11 is 0. The van der Waals surface area contributed by atoms with Crippen LogP contribution in [0.15, 0.2) is 48.5 Å². The van der Waals surface area contributed by atoms with Gasteiger partial charge >= 0.3 is 6.03 Å². The van der Waals surface area contributed by atoms with Crippen LogP contribution in [0.2, 0.25) is 0 Å². The van der Waals surface area contributed by atoms with Crippen LogP contribution in [0.5, 0.6) is 0 Å². The Morgan fingerprint density at radius 3 is 2.32 bits per heavy atom. The quantitative estimate of drug-likeness (QED) is 0.925. The van der Waals surface area contributed by atoms with Crippen molar-refractivity contribution in [1.82, 2.24) is 15.1 Å². The van der Waals surface area contributed by atoms with Gasteiger partial charge in [-0.2, -0.15) is 0 Å². The topological polar surface area (TPSA) is 35.6 Å². The van der Waals surface area contributed by atoms with Gasteiger partial charge in [0, 0.05) is 44.8 Å². The molecule has 0 saturated carbocycles. The number of urea groups is 1. The van der Waals surface area contributed by atoms with Crippen molar-refractivity contribution in [3.8, 4) is 0 Å². The maximum absolute atomic E-state index is 13.7. The first-order chi connectivity index (χ1) is 12.1. The lowest BCUT2D eigenvalue weighted by Gasteiger charge is -2.34. The Morgan fingerprint density at radius 2 is 1.64 bits per heavy atom. The number of amides is 2. The Morgan fingerprint density at radius 1 is 0.960 bits per heavy atom. The number of halogens is 2. The monoisotopic (exact) mass is 345 g/mol. The van der Waals surface area contributed by atoms with Gasteiger partial charge < -0.3 is 10.2 Å². The molecule has 1 aliphatic rings. The molecule has 0 aromatic heterocycles. The zero-order valence-electron chi connectivity index (χ0n) is 13.9. The van der Waals surface area contributed by atoms with Crippen molar-refractivity contribution in [2.75, 3.05) is 26.2 Å². The molecule has 2 amide bonds. The van der Waals surface area contributed by atoms with Crippen LogP contribution in [0.3, 0.4) is 0 Å². The van der Waals surface area contributed by atoms with Crippen LogP contribution in [-0.2, 0) is 13.1 Å². The zero-order chi connectivity index (χ0) is 17.6. The molecule has 0 atom stereocenters. The van der Waals surface area contributed by atoms with Crippen molar-refractivity contribution in [2.45, 2.75) is 13.1 Å². The SMILES string of the molecule is O=C(NCc1ccc(F)cc1)N1CCN(Cc2ccccc2F)CC1. The third-order valence-electron chi connectivity index (χ3n) is 4.37. The van der Waals surface area contributed by atoms with Gasteiger partial charge in [0.15, 0.2) is 0 Å². The van der Waals surface area contributed by atoms with E-state index in [9.17, 15) is 13.6 Å². The third kappa shape index (κ3) is 4.76. The van der Waals surface area contributed by atoms with Crippen molar-refractivity contribution in [3.05, 3.63) is 71.3 Å². The van der Waals surface area contributed by atoms with Crippen LogP contribution < -0.4 is 5.32 Å². The van der Waals surface area contributed by atoms with E-state index in [2.05, 4.69) is 10.2 Å². The van der Waals surface area contributed by atoms with E-state index in [4.69, 9.17) is 0 Å². The number of nitrogens with one attached hydrogen (secondary N) is 1. The lowest BCUT2D eigenvalue weighted by atomic mass is 10.2. The molecule has 1 aliphatic heterocycles. The molecule has 0 radical (unpaired) electrons. The summed E-state index contributed by atoms with van der Waals surface area (Å²) in [6, 6.07) is 12.7. The Balaban J connectivity index is 1.44. The summed E-state index contributed by atoms with van der Waals surface area (Å²) in [6.07, 6.45) is 0. The van der Waals surface area contributed by atoms with Gasteiger partial charge in [-0.05, 0) is 23.8 Å². The molecule has 2 aromatic carbocycles. The highest BCUT2D eigenvalue weighted by molar-refractivity contribution is 5.74. The first-order valence-electron chi connectivity index (χ1n) is 8.35. The van der Waals surface area contributed by atoms with Gasteiger partial charge in [-0.3, -0.25) is 4.90 Å². The molecule has 132 valence electrons. The first kappa shape index (κ1) is 17.4. The molecule has 1 heterocycles. The highest BCUT2D eigenvalue weighted by Crippen LogP contribution is 2.12. The van der Waals surface area contributed by atoms with Gasteiger partial charge in [0.05, 0.1) is 0 Å². The molecule has 3 rings (SSSR count). The van der Waals surface area contributed by atoms with E-state index in [0.29, 0.717) is 44.8 Å². The van der Waals surface area contributed by atoms with Crippen LogP contribution in [0.1, 0.15) is 11.1 Å². The molecule has 0 spiro atoms. The van der Waals surface area contributed by atoms with Crippen molar-refractivity contribution < 1.29 is 13.6 Å². The minimum absolute atomic E-state index is 0.130. The molecule has 1 fully saturated rings. The van der Waals surface area contributed by atoms with Gasteiger partial charge in [-0.25, -0.2) is 13.6 Å². The van der Waals surface area contributed by atoms with Gasteiger partial charge in [-0.15, -0.1) is 0 Å². The number of nitrogens with zero attached hydrogens (tertiary/aromatic N) is 2. The van der Waals surface area contributed by atoms with Gasteiger partial charge in [0.25, 0.3) is 0 Å². The van der Waals surface area contributed by atoms with Crippen LogP contribution in [0.4, 0.5) is 13.6 Å². The minimum Gasteiger partial charge on any atom is -0.334 e. The molecule has 1 N–H and O–H groups in total. The Labute approximate surface area is 146 Å². The van der Waals surface area contributed by atoms with E-state index >= 15 is 0 Å². The summed E-state index contributed by atoms with van der Waals surface area (Å²) in [4.78, 5) is 16.1. The minimum atomic E-state index is -0.291. The maximum atomic E-state index is 13.7. The highest BCUT2D eigenvalue weighted by atomic mass is 19.1. The molecule has 6 heteroatoms. The molecule has 4 nitrogen and oxygen atoms in total. The molecule has 2 aromatic rings. The number of carbonyl (C=O) groups is 1. The number of rotatable bonds is 4. The largest absolute Gasteiger partial charge is 0.334 e. The molecule has 0 aliphatic carbocycles. The van der Waals surface area contributed by atoms with Crippen molar-refractivity contribution >= 4 is 6.03 Å². The molecular formula is C19H21F2N3O. The van der Waals surface area contributed by atoms with Gasteiger partial charge in [0.1, 0.15) is 11.6 Å². The van der Waals surface area contributed by atoms with Gasteiger partial charge in [-0.1, -0.05) is 30.3 Å². The Hall–Kier alpha value is -2.47. The third-order valence-corrected chi connectivity index (χ3v) is 4.37. The lowest BCUT2D eigenvalue weighted by molar-refractivity contribution is 0.134. The van der Waals surface area contributed by atoms with Crippen LogP contribution in [-0.4, -0.2) is 42.0 Å². The van der Waals surface area contributed by atoms with E-state index < -0.39 is 0 Å². The van der Waals surface area contributed by atoms with Gasteiger partial charge in [0.2, 0.25) is 0 Å². The first-order valence-corrected chi connectivity index (χ1v) is 8.35. The second kappa shape index (κ2) is 8.07. The van der Waals surface area contributed by atoms with Crippen molar-refractivity contribution in [1.29, 1.82) is 0 Å². The maximum Gasteiger partial charge on any atom is 0.317 e. The molecule has 0 unspecified atom stereocenters. The zero-order valence-corrected chi connectivity index (χ0v) is 13.9. The fourth-order valence-corrected chi connectivity index (χ4v) is 2.87. The highest BCUT2D eigenvalue weighted by Gasteiger charge is 2.21. The predicted molar refractivity (Wildman–Crippen MR) is 91.9 cm³/mol. The number of piperazine rings is 1. The number of hydrogen-bond donors (Lipinski definition) is 1. The van der Waals surface area contributed by atoms with E-state index in [1.165, 1.54) is 18.2 Å². The van der Waals surface area contributed by atoms with Crippen LogP contribution in [0.25, 0.3) is 0 Å². The average Bonchev–Trinajstić information content (AvgIpc) is 2.63. The van der Waals surface area contributed by atoms with E-state index in [1.807, 2.05) is 6.07 Å². The smallest absolute Gasteiger partial charge is 0.317 e. The number of carbonyl (C=O) groups excluding carboxylic acids is 1. The lowest BCUT2D eigenvalue weighted by Crippen LogP contribution is -2.51. The van der Waals surface area contributed by atoms with E-state index in [0.717, 1.165) is 5.56 Å². The van der Waals surface area contributed by atoms with Crippen molar-refractivity contribution in [3.63, 3.8) is 0 Å². The molecule has 1 saturated heterocycles. The normalized spacial score (nSPS) is 15.2. The Kier molecular flexibility index (Phi) is 5.60. The molecule has 0 bridgehead atoms. The second-order valence-corrected chi connectivity index (χ2v) is 6.14. The summed E-state index contributed by atoms with van der Waals surface area (Å²) in [7, 11) is 0. The number of benzene rings is 2. The standard InChI is InChI=1S/C19H21F2N3O/c20-17-7-5-15(6-8-17)13-22-19(25)24-11-9-23(10-12-24)14-16-3-1-2-4-18(16)21/h1-8H,9-14H2,(H,22,25). The summed E-state index contributed by atoms with van der Waals surface area (Å²) < 4.78 is 26.6. The van der Waals surface area contributed by atoms with Crippen LogP contribution >= 0.6 is 0 Å². The summed E-state index contributed by atoms with van der Waals surface area (Å²) in [5, 5.41) is 2.85. The fourth-order valence-electron chi connectivity index (χ4n) is 2.87. The average molecular weight is 345 g/mol. The molecular weight excluding hydrogens is 324 g/mol.